The first kappa shape index (κ1) is 13.5. The Morgan fingerprint density at radius 2 is 2.12 bits per heavy atom. The zero-order valence-electron chi connectivity index (χ0n) is 9.47. The third-order valence-corrected chi connectivity index (χ3v) is 4.50. The number of aldehydes is 1. The molecule has 0 saturated carbocycles. The predicted molar refractivity (Wildman–Crippen MR) is 65.1 cm³/mol. The second-order valence-electron chi connectivity index (χ2n) is 4.25. The molecule has 1 rings (SSSR count). The molecule has 0 aromatic rings. The maximum absolute atomic E-state index is 10.1. The fourth-order valence-corrected chi connectivity index (χ4v) is 3.47. The van der Waals surface area contributed by atoms with Crippen LogP contribution in [0, 0.1) is 17.2 Å². The second kappa shape index (κ2) is 7.70. The van der Waals surface area contributed by atoms with Gasteiger partial charge in [-0.05, 0) is 12.8 Å². The number of nitrogens with zero attached hydrogens (tertiary/aromatic N) is 1. The van der Waals surface area contributed by atoms with Gasteiger partial charge in [0.1, 0.15) is 6.29 Å². The van der Waals surface area contributed by atoms with Gasteiger partial charge >= 0.3 is 0 Å². The molecular weight excluding hydrogens is 222 g/mol. The van der Waals surface area contributed by atoms with Gasteiger partial charge in [-0.3, -0.25) is 0 Å². The minimum atomic E-state index is -0.435. The molecule has 3 unspecified atom stereocenters. The molecule has 1 aliphatic heterocycles. The lowest BCUT2D eigenvalue weighted by atomic mass is 9.97. The van der Waals surface area contributed by atoms with Gasteiger partial charge in [0.25, 0.3) is 0 Å². The molecule has 0 aliphatic carbocycles. The molecule has 90 valence electrons. The van der Waals surface area contributed by atoms with E-state index in [4.69, 9.17) is 5.26 Å². The third-order valence-electron chi connectivity index (χ3n) is 3.01. The molecule has 16 heavy (non-hydrogen) atoms. The van der Waals surface area contributed by atoms with Crippen molar-refractivity contribution in [3.8, 4) is 6.07 Å². The number of hydrogen-bond acceptors (Lipinski definition) is 4. The van der Waals surface area contributed by atoms with Crippen molar-refractivity contribution in [3.05, 3.63) is 0 Å². The molecule has 0 amide bonds. The van der Waals surface area contributed by atoms with Gasteiger partial charge in [0, 0.05) is 17.4 Å². The monoisotopic (exact) mass is 241 g/mol. The lowest BCUT2D eigenvalue weighted by Gasteiger charge is -2.13. The van der Waals surface area contributed by atoms with Crippen LogP contribution in [0.4, 0.5) is 0 Å². The van der Waals surface area contributed by atoms with E-state index in [2.05, 4.69) is 6.07 Å². The number of nitriles is 1. The van der Waals surface area contributed by atoms with Gasteiger partial charge in [0.2, 0.25) is 0 Å². The summed E-state index contributed by atoms with van der Waals surface area (Å²) in [4.78, 5) is 10.1. The summed E-state index contributed by atoms with van der Waals surface area (Å²) in [5.41, 5.74) is 0. The van der Waals surface area contributed by atoms with E-state index in [1.165, 1.54) is 0 Å². The highest BCUT2D eigenvalue weighted by atomic mass is 32.2. The lowest BCUT2D eigenvalue weighted by molar-refractivity contribution is -0.107. The zero-order valence-corrected chi connectivity index (χ0v) is 10.3. The molecule has 0 radical (unpaired) electrons. The van der Waals surface area contributed by atoms with Crippen LogP contribution in [0.15, 0.2) is 0 Å². The van der Waals surface area contributed by atoms with Crippen molar-refractivity contribution >= 4 is 18.0 Å². The van der Waals surface area contributed by atoms with Crippen molar-refractivity contribution in [1.29, 1.82) is 5.26 Å². The Kier molecular flexibility index (Phi) is 6.51. The Hall–Kier alpha value is -0.530. The molecule has 0 aromatic heterocycles. The Morgan fingerprint density at radius 3 is 2.81 bits per heavy atom. The van der Waals surface area contributed by atoms with Crippen LogP contribution in [0.2, 0.25) is 0 Å². The van der Waals surface area contributed by atoms with Crippen molar-refractivity contribution in [2.75, 3.05) is 5.75 Å². The zero-order chi connectivity index (χ0) is 11.8. The first-order valence-corrected chi connectivity index (χ1v) is 6.97. The van der Waals surface area contributed by atoms with E-state index in [9.17, 15) is 9.90 Å². The van der Waals surface area contributed by atoms with Crippen LogP contribution in [0.25, 0.3) is 0 Å². The van der Waals surface area contributed by atoms with Crippen LogP contribution in [0.1, 0.15) is 38.5 Å². The number of unbranched alkanes of at least 4 members (excludes halogenated alkanes) is 4. The van der Waals surface area contributed by atoms with Crippen LogP contribution < -0.4 is 0 Å². The second-order valence-corrected chi connectivity index (χ2v) is 5.52. The molecule has 1 N–H and O–H groups in total. The van der Waals surface area contributed by atoms with Gasteiger partial charge in [-0.15, -0.1) is 0 Å². The number of aliphatic hydroxyl groups is 1. The van der Waals surface area contributed by atoms with Gasteiger partial charge in [-0.1, -0.05) is 19.3 Å². The number of aliphatic hydroxyl groups excluding tert-OH is 1. The molecule has 0 bridgehead atoms. The molecule has 1 fully saturated rings. The highest BCUT2D eigenvalue weighted by Gasteiger charge is 2.34. The standard InChI is InChI=1S/C12H19NO2S/c13-8-10-11(15)9-16-12(10)6-4-2-1-3-5-7-14/h7,10-12,15H,1-6,9H2. The average molecular weight is 241 g/mol. The topological polar surface area (TPSA) is 61.1 Å². The van der Waals surface area contributed by atoms with Crippen molar-refractivity contribution in [3.63, 3.8) is 0 Å². The Morgan fingerprint density at radius 1 is 1.38 bits per heavy atom. The predicted octanol–water partition coefficient (Wildman–Crippen LogP) is 2.14. The van der Waals surface area contributed by atoms with Crippen molar-refractivity contribution in [1.82, 2.24) is 0 Å². The minimum absolute atomic E-state index is 0.181. The molecule has 3 nitrogen and oxygen atoms in total. The van der Waals surface area contributed by atoms with E-state index in [-0.39, 0.29) is 5.92 Å². The maximum Gasteiger partial charge on any atom is 0.119 e. The summed E-state index contributed by atoms with van der Waals surface area (Å²) < 4.78 is 0. The van der Waals surface area contributed by atoms with Gasteiger partial charge in [-0.25, -0.2) is 0 Å². The number of rotatable bonds is 7. The van der Waals surface area contributed by atoms with E-state index in [1.807, 2.05) is 0 Å². The van der Waals surface area contributed by atoms with E-state index < -0.39 is 6.10 Å². The quantitative estimate of drug-likeness (QED) is 0.548. The molecular formula is C12H19NO2S. The molecule has 3 atom stereocenters. The maximum atomic E-state index is 10.1. The van der Waals surface area contributed by atoms with E-state index in [1.54, 1.807) is 11.8 Å². The fourth-order valence-electron chi connectivity index (χ4n) is 2.04. The number of carbonyl (C=O) groups is 1. The van der Waals surface area contributed by atoms with Crippen LogP contribution in [0.3, 0.4) is 0 Å². The van der Waals surface area contributed by atoms with E-state index in [0.29, 0.717) is 17.4 Å². The van der Waals surface area contributed by atoms with E-state index >= 15 is 0 Å². The molecule has 1 heterocycles. The lowest BCUT2D eigenvalue weighted by Crippen LogP contribution is -2.21. The van der Waals surface area contributed by atoms with Gasteiger partial charge in [-0.2, -0.15) is 17.0 Å². The Balaban J connectivity index is 2.09. The molecule has 1 saturated heterocycles. The van der Waals surface area contributed by atoms with Crippen LogP contribution in [-0.2, 0) is 4.79 Å². The van der Waals surface area contributed by atoms with Crippen LogP contribution in [0.5, 0.6) is 0 Å². The fraction of sp³-hybridized carbons (Fsp3) is 0.833. The van der Waals surface area contributed by atoms with Crippen molar-refractivity contribution in [2.45, 2.75) is 49.9 Å². The van der Waals surface area contributed by atoms with Gasteiger partial charge in [0.15, 0.2) is 0 Å². The molecule has 4 heteroatoms. The number of thioether (sulfide) groups is 1. The summed E-state index contributed by atoms with van der Waals surface area (Å²) >= 11 is 1.72. The first-order chi connectivity index (χ1) is 7.79. The minimum Gasteiger partial charge on any atom is -0.391 e. The average Bonchev–Trinajstić information content (AvgIpc) is 2.64. The van der Waals surface area contributed by atoms with Crippen molar-refractivity contribution in [2.24, 2.45) is 5.92 Å². The van der Waals surface area contributed by atoms with E-state index in [0.717, 1.165) is 38.4 Å². The number of carbonyl (C=O) groups excluding carboxylic acids is 1. The highest BCUT2D eigenvalue weighted by Crippen LogP contribution is 2.35. The van der Waals surface area contributed by atoms with Gasteiger partial charge in [0.05, 0.1) is 18.1 Å². The SMILES string of the molecule is N#CC1C(O)CSC1CCCCCCC=O. The summed E-state index contributed by atoms with van der Waals surface area (Å²) in [5, 5.41) is 18.8. The van der Waals surface area contributed by atoms with Crippen molar-refractivity contribution < 1.29 is 9.90 Å². The summed E-state index contributed by atoms with van der Waals surface area (Å²) in [6.07, 6.45) is 6.51. The van der Waals surface area contributed by atoms with Crippen LogP contribution in [-0.4, -0.2) is 28.5 Å². The third kappa shape index (κ3) is 4.15. The molecule has 1 aliphatic rings. The molecule has 0 aromatic carbocycles. The van der Waals surface area contributed by atoms with Crippen LogP contribution >= 0.6 is 11.8 Å². The highest BCUT2D eigenvalue weighted by molar-refractivity contribution is 8.00. The smallest absolute Gasteiger partial charge is 0.119 e. The van der Waals surface area contributed by atoms with Gasteiger partial charge < -0.3 is 9.90 Å². The largest absolute Gasteiger partial charge is 0.391 e. The first-order valence-electron chi connectivity index (χ1n) is 5.92. The summed E-state index contributed by atoms with van der Waals surface area (Å²) in [6.45, 7) is 0. The normalized spacial score (nSPS) is 28.9. The summed E-state index contributed by atoms with van der Waals surface area (Å²) in [5.74, 6) is 0.522. The Labute approximate surface area is 101 Å². The summed E-state index contributed by atoms with van der Waals surface area (Å²) in [6, 6.07) is 2.21. The number of hydrogen-bond donors (Lipinski definition) is 1. The molecule has 0 spiro atoms. The Bertz CT molecular complexity index is 252. The summed E-state index contributed by atoms with van der Waals surface area (Å²) in [7, 11) is 0.